The highest BCUT2D eigenvalue weighted by Gasteiger charge is 2.14. The summed E-state index contributed by atoms with van der Waals surface area (Å²) in [5, 5.41) is 11.1. The van der Waals surface area contributed by atoms with Crippen molar-refractivity contribution in [2.45, 2.75) is 32.9 Å². The molecule has 0 aliphatic rings. The molecule has 148 valence electrons. The van der Waals surface area contributed by atoms with Gasteiger partial charge in [0.05, 0.1) is 26.0 Å². The standard InChI is InChI=1S/C22H26N2O4/c1-14(2)28-17-7-5-6-15(8-17)9-20-19-11-22(27-4)21(26-3)10-18(19)16(12-23-20)13-24-25/h5-8,10-12,14,24-25H,9,13H2,1-4H3. The van der Waals surface area contributed by atoms with Crippen molar-refractivity contribution in [3.63, 3.8) is 0 Å². The lowest BCUT2D eigenvalue weighted by atomic mass is 10.00. The minimum Gasteiger partial charge on any atom is -0.493 e. The molecule has 1 heterocycles. The van der Waals surface area contributed by atoms with Gasteiger partial charge < -0.3 is 19.4 Å². The summed E-state index contributed by atoms with van der Waals surface area (Å²) in [6, 6.07) is 11.9. The van der Waals surface area contributed by atoms with Crippen molar-refractivity contribution in [1.29, 1.82) is 0 Å². The van der Waals surface area contributed by atoms with Gasteiger partial charge in [0.2, 0.25) is 0 Å². The maximum Gasteiger partial charge on any atom is 0.161 e. The average molecular weight is 382 g/mol. The van der Waals surface area contributed by atoms with E-state index in [1.54, 1.807) is 20.4 Å². The summed E-state index contributed by atoms with van der Waals surface area (Å²) in [4.78, 5) is 4.65. The molecule has 0 unspecified atom stereocenters. The number of rotatable bonds is 8. The predicted octanol–water partition coefficient (Wildman–Crippen LogP) is 4.11. The summed E-state index contributed by atoms with van der Waals surface area (Å²) in [6.45, 7) is 4.31. The number of fused-ring (bicyclic) bond motifs is 1. The molecule has 0 atom stereocenters. The number of pyridine rings is 1. The first-order valence-electron chi connectivity index (χ1n) is 9.20. The zero-order chi connectivity index (χ0) is 20.1. The molecular formula is C22H26N2O4. The molecule has 0 bridgehead atoms. The van der Waals surface area contributed by atoms with Gasteiger partial charge in [0.15, 0.2) is 11.5 Å². The minimum atomic E-state index is 0.121. The molecule has 0 saturated heterocycles. The molecule has 28 heavy (non-hydrogen) atoms. The summed E-state index contributed by atoms with van der Waals surface area (Å²) in [5.74, 6) is 2.12. The van der Waals surface area contributed by atoms with Gasteiger partial charge >= 0.3 is 0 Å². The fourth-order valence-corrected chi connectivity index (χ4v) is 3.24. The Morgan fingerprint density at radius 3 is 2.39 bits per heavy atom. The zero-order valence-corrected chi connectivity index (χ0v) is 16.7. The molecule has 6 heteroatoms. The minimum absolute atomic E-state index is 0.121. The lowest BCUT2D eigenvalue weighted by Gasteiger charge is -2.15. The van der Waals surface area contributed by atoms with Gasteiger partial charge in [-0.15, -0.1) is 0 Å². The first-order valence-corrected chi connectivity index (χ1v) is 9.20. The van der Waals surface area contributed by atoms with E-state index in [9.17, 15) is 0 Å². The van der Waals surface area contributed by atoms with E-state index in [2.05, 4.69) is 16.5 Å². The summed E-state index contributed by atoms with van der Waals surface area (Å²) < 4.78 is 16.7. The molecule has 1 aromatic heterocycles. The molecule has 0 aliphatic carbocycles. The van der Waals surface area contributed by atoms with Gasteiger partial charge in [-0.2, -0.15) is 0 Å². The van der Waals surface area contributed by atoms with Crippen LogP contribution in [-0.4, -0.2) is 30.5 Å². The van der Waals surface area contributed by atoms with Crippen LogP contribution in [0.4, 0.5) is 0 Å². The Labute approximate surface area is 165 Å². The summed E-state index contributed by atoms with van der Waals surface area (Å²) >= 11 is 0. The first kappa shape index (κ1) is 19.9. The molecule has 3 aromatic rings. The molecule has 0 fully saturated rings. The Morgan fingerprint density at radius 2 is 1.75 bits per heavy atom. The van der Waals surface area contributed by atoms with Crippen LogP contribution >= 0.6 is 0 Å². The van der Waals surface area contributed by atoms with Crippen molar-refractivity contribution >= 4 is 10.8 Å². The van der Waals surface area contributed by atoms with Crippen LogP contribution in [0.1, 0.15) is 30.7 Å². The van der Waals surface area contributed by atoms with E-state index in [1.165, 1.54) is 0 Å². The SMILES string of the molecule is COc1cc2c(CNO)cnc(Cc3cccc(OC(C)C)c3)c2cc1OC. The van der Waals surface area contributed by atoms with Crippen molar-refractivity contribution in [2.75, 3.05) is 14.2 Å². The fourth-order valence-electron chi connectivity index (χ4n) is 3.24. The van der Waals surface area contributed by atoms with Crippen LogP contribution < -0.4 is 19.7 Å². The van der Waals surface area contributed by atoms with Gasteiger partial charge in [0, 0.05) is 24.5 Å². The van der Waals surface area contributed by atoms with Gasteiger partial charge in [-0.3, -0.25) is 4.98 Å². The van der Waals surface area contributed by atoms with Gasteiger partial charge in [-0.25, -0.2) is 5.48 Å². The number of hydroxylamine groups is 1. The van der Waals surface area contributed by atoms with Crippen molar-refractivity contribution in [1.82, 2.24) is 10.5 Å². The van der Waals surface area contributed by atoms with Gasteiger partial charge in [-0.1, -0.05) is 12.1 Å². The fraction of sp³-hybridized carbons (Fsp3) is 0.318. The van der Waals surface area contributed by atoms with Crippen LogP contribution in [0.2, 0.25) is 0 Å². The van der Waals surface area contributed by atoms with Crippen LogP contribution in [-0.2, 0) is 13.0 Å². The number of nitrogens with one attached hydrogen (secondary N) is 1. The number of hydrogen-bond donors (Lipinski definition) is 2. The zero-order valence-electron chi connectivity index (χ0n) is 16.7. The molecule has 0 spiro atoms. The van der Waals surface area contributed by atoms with E-state index < -0.39 is 0 Å². The summed E-state index contributed by atoms with van der Waals surface area (Å²) in [7, 11) is 3.22. The van der Waals surface area contributed by atoms with E-state index in [-0.39, 0.29) is 12.6 Å². The molecule has 0 aliphatic heterocycles. The van der Waals surface area contributed by atoms with Gasteiger partial charge in [0.1, 0.15) is 5.75 Å². The van der Waals surface area contributed by atoms with Crippen molar-refractivity contribution < 1.29 is 19.4 Å². The van der Waals surface area contributed by atoms with Crippen LogP contribution in [0.15, 0.2) is 42.6 Å². The molecule has 6 nitrogen and oxygen atoms in total. The molecule has 2 N–H and O–H groups in total. The molecule has 2 aromatic carbocycles. The molecular weight excluding hydrogens is 356 g/mol. The Bertz CT molecular complexity index is 957. The van der Waals surface area contributed by atoms with Crippen LogP contribution in [0.25, 0.3) is 10.8 Å². The summed E-state index contributed by atoms with van der Waals surface area (Å²) in [5.41, 5.74) is 5.10. The monoisotopic (exact) mass is 382 g/mol. The lowest BCUT2D eigenvalue weighted by Crippen LogP contribution is -2.08. The van der Waals surface area contributed by atoms with E-state index in [1.807, 2.05) is 44.2 Å². The maximum atomic E-state index is 9.17. The molecule has 0 amide bonds. The second-order valence-electron chi connectivity index (χ2n) is 6.81. The maximum absolute atomic E-state index is 9.17. The van der Waals surface area contributed by atoms with Crippen molar-refractivity contribution in [2.24, 2.45) is 0 Å². The number of benzene rings is 2. The van der Waals surface area contributed by atoms with E-state index in [0.29, 0.717) is 17.9 Å². The quantitative estimate of drug-likeness (QED) is 0.571. The molecule has 0 radical (unpaired) electrons. The predicted molar refractivity (Wildman–Crippen MR) is 108 cm³/mol. The van der Waals surface area contributed by atoms with Gasteiger partial charge in [0.25, 0.3) is 0 Å². The third-order valence-corrected chi connectivity index (χ3v) is 4.47. The van der Waals surface area contributed by atoms with Gasteiger partial charge in [-0.05, 0) is 54.6 Å². The molecule has 0 saturated carbocycles. The van der Waals surface area contributed by atoms with Crippen LogP contribution in [0.5, 0.6) is 17.2 Å². The third-order valence-electron chi connectivity index (χ3n) is 4.47. The highest BCUT2D eigenvalue weighted by molar-refractivity contribution is 5.90. The van der Waals surface area contributed by atoms with E-state index in [4.69, 9.17) is 19.4 Å². The second kappa shape index (κ2) is 8.91. The highest BCUT2D eigenvalue weighted by atomic mass is 16.5. The number of nitrogens with zero attached hydrogens (tertiary/aromatic N) is 1. The third kappa shape index (κ3) is 4.35. The van der Waals surface area contributed by atoms with Crippen LogP contribution in [0, 0.1) is 0 Å². The number of methoxy groups -OCH3 is 2. The Morgan fingerprint density at radius 1 is 1.04 bits per heavy atom. The Balaban J connectivity index is 2.07. The Hall–Kier alpha value is -2.83. The second-order valence-corrected chi connectivity index (χ2v) is 6.81. The topological polar surface area (TPSA) is 72.8 Å². The highest BCUT2D eigenvalue weighted by Crippen LogP contribution is 2.35. The van der Waals surface area contributed by atoms with E-state index >= 15 is 0 Å². The van der Waals surface area contributed by atoms with E-state index in [0.717, 1.165) is 33.3 Å². The number of ether oxygens (including phenoxy) is 3. The van der Waals surface area contributed by atoms with Crippen molar-refractivity contribution in [3.8, 4) is 17.2 Å². The first-order chi connectivity index (χ1) is 13.5. The summed E-state index contributed by atoms with van der Waals surface area (Å²) in [6.07, 6.45) is 2.55. The smallest absolute Gasteiger partial charge is 0.161 e. The average Bonchev–Trinajstić information content (AvgIpc) is 2.68. The normalized spacial score (nSPS) is 11.1. The number of aromatic nitrogens is 1. The van der Waals surface area contributed by atoms with Crippen molar-refractivity contribution in [3.05, 3.63) is 59.4 Å². The molecule has 3 rings (SSSR count). The largest absolute Gasteiger partial charge is 0.493 e. The number of hydrogen-bond acceptors (Lipinski definition) is 6. The lowest BCUT2D eigenvalue weighted by molar-refractivity contribution is 0.161. The van der Waals surface area contributed by atoms with Crippen LogP contribution in [0.3, 0.4) is 0 Å². The Kier molecular flexibility index (Phi) is 6.34.